The third-order valence-electron chi connectivity index (χ3n) is 4.33. The van der Waals surface area contributed by atoms with E-state index in [4.69, 9.17) is 5.26 Å². The smallest absolute Gasteiger partial charge is 0.241 e. The van der Waals surface area contributed by atoms with E-state index in [2.05, 4.69) is 16.7 Å². The highest BCUT2D eigenvalue weighted by Crippen LogP contribution is 2.38. The highest BCUT2D eigenvalue weighted by molar-refractivity contribution is 5.96. The zero-order valence-electron chi connectivity index (χ0n) is 10.7. The first-order valence-electron chi connectivity index (χ1n) is 6.83. The topological polar surface area (TPSA) is 64.9 Å². The summed E-state index contributed by atoms with van der Waals surface area (Å²) < 4.78 is 0. The number of carbonyl (C=O) groups is 1. The molecule has 4 heteroatoms. The van der Waals surface area contributed by atoms with Crippen LogP contribution in [-0.4, -0.2) is 18.5 Å². The average molecular weight is 255 g/mol. The molecule has 0 radical (unpaired) electrons. The molecule has 1 aromatic rings. The number of para-hydroxylation sites is 1. The third-order valence-corrected chi connectivity index (χ3v) is 4.33. The van der Waals surface area contributed by atoms with Gasteiger partial charge in [-0.25, -0.2) is 0 Å². The predicted octanol–water partition coefficient (Wildman–Crippen LogP) is 1.88. The number of nitrogens with one attached hydrogen (secondary N) is 2. The summed E-state index contributed by atoms with van der Waals surface area (Å²) in [6, 6.07) is 9.13. The fraction of sp³-hybridized carbons (Fsp3) is 0.467. The molecule has 1 amide bonds. The number of amides is 1. The molecule has 1 aliphatic heterocycles. The molecular formula is C15H17N3O. The Morgan fingerprint density at radius 1 is 1.37 bits per heavy atom. The molecule has 98 valence electrons. The van der Waals surface area contributed by atoms with Crippen LogP contribution in [0.25, 0.3) is 0 Å². The van der Waals surface area contributed by atoms with Gasteiger partial charge in [-0.1, -0.05) is 18.6 Å². The Morgan fingerprint density at radius 3 is 3.05 bits per heavy atom. The van der Waals surface area contributed by atoms with Gasteiger partial charge in [0.05, 0.1) is 17.3 Å². The Kier molecular flexibility index (Phi) is 3.22. The van der Waals surface area contributed by atoms with Gasteiger partial charge in [0.15, 0.2) is 0 Å². The van der Waals surface area contributed by atoms with Crippen molar-refractivity contribution in [3.05, 3.63) is 29.8 Å². The quantitative estimate of drug-likeness (QED) is 0.848. The lowest BCUT2D eigenvalue weighted by Gasteiger charge is -2.18. The molecule has 0 spiro atoms. The van der Waals surface area contributed by atoms with Gasteiger partial charge in [0.2, 0.25) is 5.91 Å². The molecule has 19 heavy (non-hydrogen) atoms. The van der Waals surface area contributed by atoms with Crippen molar-refractivity contribution >= 4 is 11.6 Å². The van der Waals surface area contributed by atoms with Gasteiger partial charge in [0, 0.05) is 0 Å². The summed E-state index contributed by atoms with van der Waals surface area (Å²) in [6.45, 7) is 0.947. The first-order valence-corrected chi connectivity index (χ1v) is 6.83. The minimum Gasteiger partial charge on any atom is -0.324 e. The van der Waals surface area contributed by atoms with E-state index in [1.54, 1.807) is 18.2 Å². The van der Waals surface area contributed by atoms with E-state index in [-0.39, 0.29) is 11.9 Å². The van der Waals surface area contributed by atoms with Crippen molar-refractivity contribution in [3.8, 4) is 6.07 Å². The zero-order chi connectivity index (χ0) is 13.2. The van der Waals surface area contributed by atoms with E-state index in [0.29, 0.717) is 23.1 Å². The summed E-state index contributed by atoms with van der Waals surface area (Å²) >= 11 is 0. The van der Waals surface area contributed by atoms with Crippen LogP contribution in [0, 0.1) is 23.2 Å². The molecule has 0 aromatic heterocycles. The molecule has 1 saturated carbocycles. The van der Waals surface area contributed by atoms with Crippen molar-refractivity contribution in [1.29, 1.82) is 5.26 Å². The summed E-state index contributed by atoms with van der Waals surface area (Å²) in [5, 5.41) is 15.2. The van der Waals surface area contributed by atoms with Gasteiger partial charge >= 0.3 is 0 Å². The average Bonchev–Trinajstić information content (AvgIpc) is 3.01. The van der Waals surface area contributed by atoms with Crippen LogP contribution in [0.1, 0.15) is 24.8 Å². The van der Waals surface area contributed by atoms with Gasteiger partial charge in [0.25, 0.3) is 0 Å². The van der Waals surface area contributed by atoms with Crippen molar-refractivity contribution in [1.82, 2.24) is 5.32 Å². The van der Waals surface area contributed by atoms with Crippen LogP contribution >= 0.6 is 0 Å². The summed E-state index contributed by atoms with van der Waals surface area (Å²) in [4.78, 5) is 12.3. The van der Waals surface area contributed by atoms with Crippen LogP contribution in [0.2, 0.25) is 0 Å². The molecule has 3 rings (SSSR count). The van der Waals surface area contributed by atoms with Gasteiger partial charge in [-0.15, -0.1) is 0 Å². The third kappa shape index (κ3) is 2.22. The molecule has 1 saturated heterocycles. The van der Waals surface area contributed by atoms with Gasteiger partial charge in [-0.2, -0.15) is 5.26 Å². The number of carbonyl (C=O) groups excluding carboxylic acids is 1. The molecule has 1 heterocycles. The molecule has 1 aliphatic carbocycles. The second-order valence-electron chi connectivity index (χ2n) is 5.39. The number of hydrogen-bond donors (Lipinski definition) is 2. The lowest BCUT2D eigenvalue weighted by atomic mass is 9.93. The number of hydrogen-bond acceptors (Lipinski definition) is 3. The first-order chi connectivity index (χ1) is 9.29. The molecule has 3 atom stereocenters. The van der Waals surface area contributed by atoms with Crippen molar-refractivity contribution in [2.45, 2.75) is 25.3 Å². The fourth-order valence-electron chi connectivity index (χ4n) is 3.37. The lowest BCUT2D eigenvalue weighted by molar-refractivity contribution is -0.118. The summed E-state index contributed by atoms with van der Waals surface area (Å²) in [5.74, 6) is 1.12. The van der Waals surface area contributed by atoms with E-state index in [0.717, 1.165) is 13.0 Å². The normalized spacial score (nSPS) is 28.7. The van der Waals surface area contributed by atoms with E-state index in [1.165, 1.54) is 12.8 Å². The maximum absolute atomic E-state index is 12.3. The monoisotopic (exact) mass is 255 g/mol. The van der Waals surface area contributed by atoms with Crippen LogP contribution in [0.4, 0.5) is 5.69 Å². The Morgan fingerprint density at radius 2 is 2.21 bits per heavy atom. The molecule has 0 bridgehead atoms. The van der Waals surface area contributed by atoms with Crippen LogP contribution in [0.5, 0.6) is 0 Å². The Hall–Kier alpha value is -1.86. The Labute approximate surface area is 112 Å². The number of benzene rings is 1. The lowest BCUT2D eigenvalue weighted by Crippen LogP contribution is -2.39. The Balaban J connectivity index is 1.73. The molecule has 1 aromatic carbocycles. The van der Waals surface area contributed by atoms with Crippen LogP contribution in [0.3, 0.4) is 0 Å². The number of rotatable bonds is 2. The fourth-order valence-corrected chi connectivity index (χ4v) is 3.37. The van der Waals surface area contributed by atoms with E-state index in [1.807, 2.05) is 6.07 Å². The van der Waals surface area contributed by atoms with Crippen molar-refractivity contribution < 1.29 is 4.79 Å². The molecule has 2 fully saturated rings. The highest BCUT2D eigenvalue weighted by atomic mass is 16.2. The number of nitrogens with zero attached hydrogens (tertiary/aromatic N) is 1. The molecular weight excluding hydrogens is 238 g/mol. The molecule has 3 unspecified atom stereocenters. The standard InChI is InChI=1S/C15H17N3O/c16-8-10-4-1-2-7-13(10)18-15(19)14-12-6-3-5-11(12)9-17-14/h1-2,4,7,11-12,14,17H,3,5-6,9H2,(H,18,19). The SMILES string of the molecule is N#Cc1ccccc1NC(=O)C1NCC2CCCC21. The summed E-state index contributed by atoms with van der Waals surface area (Å²) in [7, 11) is 0. The highest BCUT2D eigenvalue weighted by Gasteiger charge is 2.42. The van der Waals surface area contributed by atoms with Crippen LogP contribution in [0.15, 0.2) is 24.3 Å². The summed E-state index contributed by atoms with van der Waals surface area (Å²) in [6.07, 6.45) is 3.60. The second kappa shape index (κ2) is 5.02. The largest absolute Gasteiger partial charge is 0.324 e. The van der Waals surface area contributed by atoms with Crippen LogP contribution < -0.4 is 10.6 Å². The summed E-state index contributed by atoms with van der Waals surface area (Å²) in [5.41, 5.74) is 1.12. The molecule has 2 aliphatic rings. The minimum absolute atomic E-state index is 0.00269. The molecule has 2 N–H and O–H groups in total. The van der Waals surface area contributed by atoms with Crippen molar-refractivity contribution in [3.63, 3.8) is 0 Å². The first kappa shape index (κ1) is 12.2. The van der Waals surface area contributed by atoms with Crippen molar-refractivity contribution in [2.75, 3.05) is 11.9 Å². The maximum Gasteiger partial charge on any atom is 0.241 e. The number of anilines is 1. The number of nitriles is 1. The van der Waals surface area contributed by atoms with E-state index < -0.39 is 0 Å². The van der Waals surface area contributed by atoms with Gasteiger partial charge in [-0.3, -0.25) is 4.79 Å². The van der Waals surface area contributed by atoms with Gasteiger partial charge < -0.3 is 10.6 Å². The minimum atomic E-state index is -0.0979. The molecule has 4 nitrogen and oxygen atoms in total. The van der Waals surface area contributed by atoms with E-state index in [9.17, 15) is 4.79 Å². The Bertz CT molecular complexity index is 534. The van der Waals surface area contributed by atoms with E-state index >= 15 is 0 Å². The second-order valence-corrected chi connectivity index (χ2v) is 5.39. The predicted molar refractivity (Wildman–Crippen MR) is 72.4 cm³/mol. The van der Waals surface area contributed by atoms with Gasteiger partial charge in [0.1, 0.15) is 6.07 Å². The maximum atomic E-state index is 12.3. The number of fused-ring (bicyclic) bond motifs is 1. The van der Waals surface area contributed by atoms with Gasteiger partial charge in [-0.05, 0) is 43.4 Å². The van der Waals surface area contributed by atoms with Crippen molar-refractivity contribution in [2.24, 2.45) is 11.8 Å². The van der Waals surface area contributed by atoms with Crippen LogP contribution in [-0.2, 0) is 4.79 Å². The zero-order valence-corrected chi connectivity index (χ0v) is 10.7.